The molecule has 1 aliphatic heterocycles. The molecule has 2 aromatic rings. The maximum Gasteiger partial charge on any atom is 0.151 e. The molecule has 4 nitrogen and oxygen atoms in total. The van der Waals surface area contributed by atoms with Crippen LogP contribution >= 0.6 is 11.6 Å². The van der Waals surface area contributed by atoms with Crippen LogP contribution in [0.15, 0.2) is 18.5 Å². The number of halogens is 1. The summed E-state index contributed by atoms with van der Waals surface area (Å²) in [6.07, 6.45) is 1.54. The molecule has 0 radical (unpaired) electrons. The fourth-order valence-electron chi connectivity index (χ4n) is 1.69. The lowest BCUT2D eigenvalue weighted by molar-refractivity contribution is 0.339. The van der Waals surface area contributed by atoms with Crippen molar-refractivity contribution in [2.45, 2.75) is 0 Å². The number of nitrogens with one attached hydrogen (secondary N) is 1. The summed E-state index contributed by atoms with van der Waals surface area (Å²) in [4.78, 5) is 8.36. The van der Waals surface area contributed by atoms with E-state index in [9.17, 15) is 0 Å². The van der Waals surface area contributed by atoms with E-state index in [4.69, 9.17) is 16.3 Å². The van der Waals surface area contributed by atoms with Crippen LogP contribution in [0.1, 0.15) is 0 Å². The van der Waals surface area contributed by atoms with Crippen molar-refractivity contribution in [2.75, 3.05) is 18.5 Å². The third kappa shape index (κ3) is 1.29. The van der Waals surface area contributed by atoms with Crippen LogP contribution in [0.5, 0.6) is 5.75 Å². The number of benzene rings is 1. The molecule has 5 heteroatoms. The van der Waals surface area contributed by atoms with E-state index in [1.807, 2.05) is 6.07 Å². The van der Waals surface area contributed by atoms with Crippen molar-refractivity contribution in [2.24, 2.45) is 0 Å². The van der Waals surface area contributed by atoms with E-state index in [0.29, 0.717) is 17.4 Å². The Morgan fingerprint density at radius 1 is 1.33 bits per heavy atom. The van der Waals surface area contributed by atoms with E-state index >= 15 is 0 Å². The molecule has 0 fully saturated rings. The second kappa shape index (κ2) is 3.24. The zero-order valence-electron chi connectivity index (χ0n) is 7.83. The van der Waals surface area contributed by atoms with Gasteiger partial charge in [-0.2, -0.15) is 0 Å². The van der Waals surface area contributed by atoms with Gasteiger partial charge in [-0.1, -0.05) is 11.6 Å². The van der Waals surface area contributed by atoms with Crippen LogP contribution in [0.2, 0.25) is 5.02 Å². The first-order valence-electron chi connectivity index (χ1n) is 4.66. The van der Waals surface area contributed by atoms with Crippen LogP contribution in [0.3, 0.4) is 0 Å². The van der Waals surface area contributed by atoms with E-state index in [1.165, 1.54) is 6.33 Å². The highest BCUT2D eigenvalue weighted by Crippen LogP contribution is 2.37. The second-order valence-corrected chi connectivity index (χ2v) is 3.68. The average molecular weight is 222 g/mol. The molecule has 0 saturated carbocycles. The zero-order valence-corrected chi connectivity index (χ0v) is 8.58. The molecule has 1 N–H and O–H groups in total. The Labute approximate surface area is 91.2 Å². The van der Waals surface area contributed by atoms with Crippen LogP contribution in [0, 0.1) is 0 Å². The minimum Gasteiger partial charge on any atom is -0.489 e. The number of ether oxygens (including phenoxy) is 1. The minimum absolute atomic E-state index is 0.579. The Kier molecular flexibility index (Phi) is 1.89. The van der Waals surface area contributed by atoms with E-state index in [2.05, 4.69) is 15.3 Å². The van der Waals surface area contributed by atoms with Crippen LogP contribution in [0.4, 0.5) is 5.82 Å². The molecule has 1 aromatic heterocycles. The predicted octanol–water partition coefficient (Wildman–Crippen LogP) is 2.09. The first-order valence-corrected chi connectivity index (χ1v) is 5.04. The molecule has 3 rings (SSSR count). The molecule has 0 spiro atoms. The Hall–Kier alpha value is -1.55. The summed E-state index contributed by atoms with van der Waals surface area (Å²) >= 11 is 6.07. The van der Waals surface area contributed by atoms with Crippen molar-refractivity contribution in [1.82, 2.24) is 9.97 Å². The number of nitrogens with zero attached hydrogens (tertiary/aromatic N) is 2. The largest absolute Gasteiger partial charge is 0.489 e. The van der Waals surface area contributed by atoms with Crippen molar-refractivity contribution in [3.63, 3.8) is 0 Å². The maximum absolute atomic E-state index is 6.07. The van der Waals surface area contributed by atoms with Crippen LogP contribution in [-0.2, 0) is 0 Å². The van der Waals surface area contributed by atoms with Gasteiger partial charge < -0.3 is 10.1 Å². The smallest absolute Gasteiger partial charge is 0.151 e. The van der Waals surface area contributed by atoms with Gasteiger partial charge in [0, 0.05) is 0 Å². The number of hydrogen-bond donors (Lipinski definition) is 1. The molecule has 0 aliphatic carbocycles. The maximum atomic E-state index is 6.07. The normalized spacial score (nSPS) is 14.2. The van der Waals surface area contributed by atoms with Crippen molar-refractivity contribution < 1.29 is 4.74 Å². The zero-order chi connectivity index (χ0) is 10.3. The number of anilines is 1. The molecule has 76 valence electrons. The highest BCUT2D eigenvalue weighted by Gasteiger charge is 2.16. The fourth-order valence-corrected chi connectivity index (χ4v) is 1.91. The number of rotatable bonds is 0. The summed E-state index contributed by atoms with van der Waals surface area (Å²) in [5.74, 6) is 1.46. The monoisotopic (exact) mass is 221 g/mol. The quantitative estimate of drug-likeness (QED) is 0.740. The van der Waals surface area contributed by atoms with Crippen molar-refractivity contribution in [3.8, 4) is 5.75 Å². The Morgan fingerprint density at radius 3 is 3.20 bits per heavy atom. The molecule has 15 heavy (non-hydrogen) atoms. The SMILES string of the molecule is Clc1ccc2ncnc3c2c1OCCN3. The van der Waals surface area contributed by atoms with E-state index in [-0.39, 0.29) is 0 Å². The van der Waals surface area contributed by atoms with Gasteiger partial charge in [-0.05, 0) is 12.1 Å². The van der Waals surface area contributed by atoms with Crippen LogP contribution in [0.25, 0.3) is 10.9 Å². The number of aromatic nitrogens is 2. The molecule has 2 heterocycles. The van der Waals surface area contributed by atoms with Gasteiger partial charge in [0.15, 0.2) is 5.75 Å². The third-order valence-corrected chi connectivity index (χ3v) is 2.65. The van der Waals surface area contributed by atoms with Gasteiger partial charge in [0.2, 0.25) is 0 Å². The standard InChI is InChI=1S/C10H8ClN3O/c11-6-1-2-7-8-9(6)15-4-3-12-10(8)14-5-13-7/h1-2,5H,3-4H2,(H,12,13,14). The number of hydrogen-bond acceptors (Lipinski definition) is 4. The van der Waals surface area contributed by atoms with Crippen molar-refractivity contribution >= 4 is 28.3 Å². The van der Waals surface area contributed by atoms with E-state index in [1.54, 1.807) is 6.07 Å². The summed E-state index contributed by atoms with van der Waals surface area (Å²) in [6.45, 7) is 1.30. The topological polar surface area (TPSA) is 47.0 Å². The Bertz CT molecular complexity index is 529. The molecule has 0 saturated heterocycles. The van der Waals surface area contributed by atoms with Crippen LogP contribution < -0.4 is 10.1 Å². The molecule has 0 atom stereocenters. The Balaban J connectivity index is 2.44. The summed E-state index contributed by atoms with van der Waals surface area (Å²) in [5, 5.41) is 4.64. The molecule has 0 bridgehead atoms. The molecule has 1 aromatic carbocycles. The lowest BCUT2D eigenvalue weighted by Gasteiger charge is -2.07. The first-order chi connectivity index (χ1) is 7.36. The third-order valence-electron chi connectivity index (χ3n) is 2.35. The molecule has 0 amide bonds. The highest BCUT2D eigenvalue weighted by atomic mass is 35.5. The van der Waals surface area contributed by atoms with Gasteiger partial charge in [-0.25, -0.2) is 9.97 Å². The summed E-state index contributed by atoms with van der Waals surface area (Å²) in [5.41, 5.74) is 0.841. The minimum atomic E-state index is 0.579. The summed E-state index contributed by atoms with van der Waals surface area (Å²) < 4.78 is 5.58. The van der Waals surface area contributed by atoms with Crippen molar-refractivity contribution in [1.29, 1.82) is 0 Å². The van der Waals surface area contributed by atoms with Gasteiger partial charge in [-0.3, -0.25) is 0 Å². The lowest BCUT2D eigenvalue weighted by Crippen LogP contribution is -2.08. The molecule has 0 unspecified atom stereocenters. The van der Waals surface area contributed by atoms with Crippen LogP contribution in [-0.4, -0.2) is 23.1 Å². The first kappa shape index (κ1) is 8.73. The Morgan fingerprint density at radius 2 is 2.27 bits per heavy atom. The fraction of sp³-hybridized carbons (Fsp3) is 0.200. The van der Waals surface area contributed by atoms with Gasteiger partial charge in [-0.15, -0.1) is 0 Å². The highest BCUT2D eigenvalue weighted by molar-refractivity contribution is 6.33. The summed E-state index contributed by atoms with van der Waals surface area (Å²) in [7, 11) is 0. The summed E-state index contributed by atoms with van der Waals surface area (Å²) in [6, 6.07) is 3.66. The van der Waals surface area contributed by atoms with Gasteiger partial charge in [0.05, 0.1) is 22.5 Å². The van der Waals surface area contributed by atoms with E-state index < -0.39 is 0 Å². The second-order valence-electron chi connectivity index (χ2n) is 3.27. The molecular formula is C10H8ClN3O. The van der Waals surface area contributed by atoms with Gasteiger partial charge in [0.1, 0.15) is 18.8 Å². The molecular weight excluding hydrogens is 214 g/mol. The van der Waals surface area contributed by atoms with Gasteiger partial charge in [0.25, 0.3) is 0 Å². The average Bonchev–Trinajstić information content (AvgIpc) is 2.48. The lowest BCUT2D eigenvalue weighted by atomic mass is 10.2. The molecule has 1 aliphatic rings. The van der Waals surface area contributed by atoms with Gasteiger partial charge >= 0.3 is 0 Å². The van der Waals surface area contributed by atoms with E-state index in [0.717, 1.165) is 23.3 Å². The predicted molar refractivity (Wildman–Crippen MR) is 58.5 cm³/mol. The van der Waals surface area contributed by atoms with Crippen molar-refractivity contribution in [3.05, 3.63) is 23.5 Å².